The Hall–Kier alpha value is -1.09. The van der Waals surface area contributed by atoms with Gasteiger partial charge in [0.1, 0.15) is 6.26 Å². The molecule has 0 bridgehead atoms. The first-order valence-electron chi connectivity index (χ1n) is 4.50. The van der Waals surface area contributed by atoms with Crippen molar-refractivity contribution in [3.63, 3.8) is 0 Å². The van der Waals surface area contributed by atoms with Crippen LogP contribution in [0.25, 0.3) is 0 Å². The average Bonchev–Trinajstić information content (AvgIpc) is 2.73. The summed E-state index contributed by atoms with van der Waals surface area (Å²) < 4.78 is 4.90. The van der Waals surface area contributed by atoms with Gasteiger partial charge in [0.05, 0.1) is 11.8 Å². The van der Waals surface area contributed by atoms with Gasteiger partial charge in [-0.15, -0.1) is 0 Å². The fraction of sp³-hybridized carbons (Fsp3) is 0.500. The third-order valence-corrected chi connectivity index (χ3v) is 2.70. The Bertz CT molecular complexity index is 297. The van der Waals surface area contributed by atoms with Gasteiger partial charge in [0, 0.05) is 12.0 Å². The van der Waals surface area contributed by atoms with Crippen molar-refractivity contribution in [1.29, 1.82) is 0 Å². The average molecular weight is 179 g/mol. The van der Waals surface area contributed by atoms with E-state index in [1.54, 1.807) is 12.3 Å². The highest BCUT2D eigenvalue weighted by Crippen LogP contribution is 2.29. The molecular weight excluding hydrogens is 166 g/mol. The molecule has 1 atom stereocenters. The van der Waals surface area contributed by atoms with E-state index in [4.69, 9.17) is 4.42 Å². The van der Waals surface area contributed by atoms with E-state index in [2.05, 4.69) is 5.32 Å². The number of hydrogen-bond donors (Lipinski definition) is 1. The molecule has 1 N–H and O–H groups in total. The molecule has 0 amide bonds. The largest absolute Gasteiger partial charge is 0.472 e. The number of hydrogen-bond acceptors (Lipinski definition) is 3. The lowest BCUT2D eigenvalue weighted by Gasteiger charge is -2.19. The smallest absolute Gasteiger partial charge is 0.173 e. The SMILES string of the molecule is CC1(C(=O)c2ccoc2)CCNC1. The predicted octanol–water partition coefficient (Wildman–Crippen LogP) is 1.46. The van der Waals surface area contributed by atoms with Crippen LogP contribution in [0.5, 0.6) is 0 Å². The van der Waals surface area contributed by atoms with Gasteiger partial charge in [-0.05, 0) is 19.0 Å². The van der Waals surface area contributed by atoms with E-state index >= 15 is 0 Å². The second-order valence-corrected chi connectivity index (χ2v) is 3.83. The Morgan fingerprint density at radius 3 is 3.08 bits per heavy atom. The van der Waals surface area contributed by atoms with Gasteiger partial charge in [0.2, 0.25) is 0 Å². The van der Waals surface area contributed by atoms with Gasteiger partial charge in [0.25, 0.3) is 0 Å². The molecule has 1 fully saturated rings. The molecule has 0 aromatic carbocycles. The maximum absolute atomic E-state index is 11.9. The van der Waals surface area contributed by atoms with Crippen LogP contribution in [0.4, 0.5) is 0 Å². The first-order valence-corrected chi connectivity index (χ1v) is 4.50. The summed E-state index contributed by atoms with van der Waals surface area (Å²) in [4.78, 5) is 11.9. The Labute approximate surface area is 77.1 Å². The van der Waals surface area contributed by atoms with E-state index in [0.29, 0.717) is 5.56 Å². The van der Waals surface area contributed by atoms with E-state index in [0.717, 1.165) is 19.5 Å². The van der Waals surface area contributed by atoms with Crippen molar-refractivity contribution < 1.29 is 9.21 Å². The lowest BCUT2D eigenvalue weighted by Crippen LogP contribution is -2.29. The second-order valence-electron chi connectivity index (χ2n) is 3.83. The Morgan fingerprint density at radius 2 is 2.54 bits per heavy atom. The van der Waals surface area contributed by atoms with E-state index in [-0.39, 0.29) is 11.2 Å². The van der Waals surface area contributed by atoms with Crippen molar-refractivity contribution in [1.82, 2.24) is 5.32 Å². The number of furan rings is 1. The van der Waals surface area contributed by atoms with Crippen molar-refractivity contribution in [3.8, 4) is 0 Å². The van der Waals surface area contributed by atoms with Crippen LogP contribution >= 0.6 is 0 Å². The summed E-state index contributed by atoms with van der Waals surface area (Å²) in [5, 5.41) is 3.20. The van der Waals surface area contributed by atoms with Crippen LogP contribution in [0, 0.1) is 5.41 Å². The van der Waals surface area contributed by atoms with E-state index < -0.39 is 0 Å². The Balaban J connectivity index is 2.21. The maximum atomic E-state index is 11.9. The van der Waals surface area contributed by atoms with Crippen LogP contribution in [0.15, 0.2) is 23.0 Å². The normalized spacial score (nSPS) is 27.8. The molecule has 2 heterocycles. The zero-order chi connectivity index (χ0) is 9.31. The fourth-order valence-corrected chi connectivity index (χ4v) is 1.75. The summed E-state index contributed by atoms with van der Waals surface area (Å²) in [5.41, 5.74) is 0.454. The molecule has 0 radical (unpaired) electrons. The molecule has 1 aromatic rings. The third kappa shape index (κ3) is 1.40. The zero-order valence-electron chi connectivity index (χ0n) is 7.67. The first-order chi connectivity index (χ1) is 6.22. The minimum atomic E-state index is -0.232. The molecule has 3 heteroatoms. The third-order valence-electron chi connectivity index (χ3n) is 2.70. The second kappa shape index (κ2) is 3.00. The summed E-state index contributed by atoms with van der Waals surface area (Å²) >= 11 is 0. The number of rotatable bonds is 2. The van der Waals surface area contributed by atoms with E-state index in [1.165, 1.54) is 6.26 Å². The lowest BCUT2D eigenvalue weighted by atomic mass is 9.82. The molecule has 1 aliphatic rings. The molecule has 1 saturated heterocycles. The van der Waals surface area contributed by atoms with Gasteiger partial charge in [0.15, 0.2) is 5.78 Å². The maximum Gasteiger partial charge on any atom is 0.173 e. The molecule has 70 valence electrons. The molecule has 0 aliphatic carbocycles. The quantitative estimate of drug-likeness (QED) is 0.699. The standard InChI is InChI=1S/C10H13NO2/c1-10(3-4-11-7-10)9(12)8-2-5-13-6-8/h2,5-6,11H,3-4,7H2,1H3. The van der Waals surface area contributed by atoms with Crippen molar-refractivity contribution >= 4 is 5.78 Å². The van der Waals surface area contributed by atoms with Crippen LogP contribution in [-0.4, -0.2) is 18.9 Å². The van der Waals surface area contributed by atoms with Crippen LogP contribution in [0.2, 0.25) is 0 Å². The minimum absolute atomic E-state index is 0.186. The van der Waals surface area contributed by atoms with Gasteiger partial charge >= 0.3 is 0 Å². The molecule has 3 nitrogen and oxygen atoms in total. The molecule has 1 aliphatic heterocycles. The highest BCUT2D eigenvalue weighted by molar-refractivity contribution is 6.00. The molecule has 0 saturated carbocycles. The van der Waals surface area contributed by atoms with Crippen LogP contribution < -0.4 is 5.32 Å². The van der Waals surface area contributed by atoms with Gasteiger partial charge in [-0.3, -0.25) is 4.79 Å². The Morgan fingerprint density at radius 1 is 1.69 bits per heavy atom. The van der Waals surface area contributed by atoms with Crippen molar-refractivity contribution in [2.45, 2.75) is 13.3 Å². The monoisotopic (exact) mass is 179 g/mol. The fourth-order valence-electron chi connectivity index (χ4n) is 1.75. The number of Topliss-reactive ketones (excluding diaryl/α,β-unsaturated/α-hetero) is 1. The number of carbonyl (C=O) groups is 1. The zero-order valence-corrected chi connectivity index (χ0v) is 7.67. The van der Waals surface area contributed by atoms with Crippen molar-refractivity contribution in [2.75, 3.05) is 13.1 Å². The van der Waals surface area contributed by atoms with Gasteiger partial charge in [-0.25, -0.2) is 0 Å². The van der Waals surface area contributed by atoms with E-state index in [1.807, 2.05) is 6.92 Å². The minimum Gasteiger partial charge on any atom is -0.472 e. The van der Waals surface area contributed by atoms with Gasteiger partial charge < -0.3 is 9.73 Å². The highest BCUT2D eigenvalue weighted by atomic mass is 16.3. The topological polar surface area (TPSA) is 42.2 Å². The number of carbonyl (C=O) groups excluding carboxylic acids is 1. The molecule has 1 unspecified atom stereocenters. The van der Waals surface area contributed by atoms with Gasteiger partial charge in [-0.1, -0.05) is 6.92 Å². The van der Waals surface area contributed by atoms with Crippen LogP contribution in [-0.2, 0) is 0 Å². The summed E-state index contributed by atoms with van der Waals surface area (Å²) in [6.45, 7) is 3.71. The highest BCUT2D eigenvalue weighted by Gasteiger charge is 2.36. The summed E-state index contributed by atoms with van der Waals surface area (Å²) in [6.07, 6.45) is 3.97. The number of ketones is 1. The van der Waals surface area contributed by atoms with E-state index in [9.17, 15) is 4.79 Å². The Kier molecular flexibility index (Phi) is 1.96. The predicted molar refractivity (Wildman–Crippen MR) is 48.6 cm³/mol. The van der Waals surface area contributed by atoms with Crippen molar-refractivity contribution in [2.24, 2.45) is 5.41 Å². The molecule has 2 rings (SSSR count). The lowest BCUT2D eigenvalue weighted by molar-refractivity contribution is 0.0839. The number of nitrogens with one attached hydrogen (secondary N) is 1. The summed E-state index contributed by atoms with van der Waals surface area (Å²) in [7, 11) is 0. The van der Waals surface area contributed by atoms with Gasteiger partial charge in [-0.2, -0.15) is 0 Å². The molecular formula is C10H13NO2. The summed E-state index contributed by atoms with van der Waals surface area (Å²) in [6, 6.07) is 1.73. The first kappa shape index (κ1) is 8.51. The summed E-state index contributed by atoms with van der Waals surface area (Å²) in [5.74, 6) is 0.186. The molecule has 0 spiro atoms. The molecule has 1 aromatic heterocycles. The molecule has 13 heavy (non-hydrogen) atoms. The van der Waals surface area contributed by atoms with Crippen LogP contribution in [0.3, 0.4) is 0 Å². The van der Waals surface area contributed by atoms with Crippen molar-refractivity contribution in [3.05, 3.63) is 24.2 Å². The van der Waals surface area contributed by atoms with Crippen LogP contribution in [0.1, 0.15) is 23.7 Å².